The zero-order valence-electron chi connectivity index (χ0n) is 14.0. The van der Waals surface area contributed by atoms with E-state index in [2.05, 4.69) is 10.3 Å². The van der Waals surface area contributed by atoms with Crippen LogP contribution in [0, 0.1) is 0 Å². The highest BCUT2D eigenvalue weighted by Crippen LogP contribution is 2.23. The fourth-order valence-corrected chi connectivity index (χ4v) is 2.73. The SMILES string of the molecule is CCn1c(NC(=O)COc2cccc(C(N)=O)c2)nc2cc(Cl)ccc21. The Kier molecular flexibility index (Phi) is 5.09. The topological polar surface area (TPSA) is 99.2 Å². The molecule has 0 aliphatic heterocycles. The summed E-state index contributed by atoms with van der Waals surface area (Å²) in [6.45, 7) is 2.36. The Morgan fingerprint density at radius 3 is 2.81 bits per heavy atom. The van der Waals surface area contributed by atoms with Crippen molar-refractivity contribution in [2.24, 2.45) is 5.73 Å². The number of benzene rings is 2. The molecule has 0 saturated heterocycles. The van der Waals surface area contributed by atoms with Gasteiger partial charge in [0.25, 0.3) is 5.91 Å². The van der Waals surface area contributed by atoms with Crippen LogP contribution in [0.4, 0.5) is 5.95 Å². The first-order valence-corrected chi connectivity index (χ1v) is 8.34. The average molecular weight is 373 g/mol. The lowest BCUT2D eigenvalue weighted by molar-refractivity contribution is -0.118. The van der Waals surface area contributed by atoms with Crippen molar-refractivity contribution in [3.05, 3.63) is 53.1 Å². The predicted octanol–water partition coefficient (Wildman–Crippen LogP) is 2.83. The largest absolute Gasteiger partial charge is 0.484 e. The Morgan fingerprint density at radius 1 is 1.27 bits per heavy atom. The summed E-state index contributed by atoms with van der Waals surface area (Å²) in [5.41, 5.74) is 7.11. The minimum Gasteiger partial charge on any atom is -0.484 e. The number of hydrogen-bond donors (Lipinski definition) is 2. The third kappa shape index (κ3) is 3.78. The minimum absolute atomic E-state index is 0.226. The second-order valence-electron chi connectivity index (χ2n) is 5.54. The fraction of sp³-hybridized carbons (Fsp3) is 0.167. The number of carbonyl (C=O) groups excluding carboxylic acids is 2. The van der Waals surface area contributed by atoms with Crippen LogP contribution < -0.4 is 15.8 Å². The molecular weight excluding hydrogens is 356 g/mol. The van der Waals surface area contributed by atoms with Gasteiger partial charge in [-0.25, -0.2) is 4.98 Å². The molecule has 2 aromatic carbocycles. The molecule has 3 aromatic rings. The number of ether oxygens (including phenoxy) is 1. The predicted molar refractivity (Wildman–Crippen MR) is 99.5 cm³/mol. The fourth-order valence-electron chi connectivity index (χ4n) is 2.57. The molecule has 0 radical (unpaired) electrons. The van der Waals surface area contributed by atoms with Crippen LogP contribution in [0.1, 0.15) is 17.3 Å². The molecule has 3 rings (SSSR count). The van der Waals surface area contributed by atoms with Crippen molar-refractivity contribution in [1.29, 1.82) is 0 Å². The first kappa shape index (κ1) is 17.8. The van der Waals surface area contributed by atoms with Crippen LogP contribution in [0.5, 0.6) is 5.75 Å². The van der Waals surface area contributed by atoms with Crippen LogP contribution in [0.2, 0.25) is 5.02 Å². The number of amides is 2. The van der Waals surface area contributed by atoms with Crippen molar-refractivity contribution in [3.63, 3.8) is 0 Å². The quantitative estimate of drug-likeness (QED) is 0.694. The molecule has 1 heterocycles. The molecule has 1 aromatic heterocycles. The summed E-state index contributed by atoms with van der Waals surface area (Å²) in [5, 5.41) is 3.31. The Balaban J connectivity index is 1.71. The number of hydrogen-bond acceptors (Lipinski definition) is 4. The second-order valence-corrected chi connectivity index (χ2v) is 5.98. The lowest BCUT2D eigenvalue weighted by Crippen LogP contribution is -2.22. The molecule has 2 amide bonds. The summed E-state index contributed by atoms with van der Waals surface area (Å²) >= 11 is 5.99. The molecule has 0 atom stereocenters. The molecule has 7 nitrogen and oxygen atoms in total. The number of nitrogens with one attached hydrogen (secondary N) is 1. The molecule has 3 N–H and O–H groups in total. The van der Waals surface area contributed by atoms with Gasteiger partial charge in [-0.2, -0.15) is 0 Å². The molecule has 0 saturated carbocycles. The average Bonchev–Trinajstić information content (AvgIpc) is 2.96. The first-order chi connectivity index (χ1) is 12.5. The maximum Gasteiger partial charge on any atom is 0.264 e. The van der Waals surface area contributed by atoms with Gasteiger partial charge in [0.1, 0.15) is 5.75 Å². The zero-order valence-corrected chi connectivity index (χ0v) is 14.8. The van der Waals surface area contributed by atoms with Crippen molar-refractivity contribution in [3.8, 4) is 5.75 Å². The molecule has 0 bridgehead atoms. The van der Waals surface area contributed by atoms with E-state index in [1.807, 2.05) is 17.6 Å². The molecule has 0 aliphatic rings. The van der Waals surface area contributed by atoms with E-state index in [1.165, 1.54) is 6.07 Å². The van der Waals surface area contributed by atoms with Crippen LogP contribution in [0.3, 0.4) is 0 Å². The Morgan fingerprint density at radius 2 is 2.08 bits per heavy atom. The molecule has 0 unspecified atom stereocenters. The number of fused-ring (bicyclic) bond motifs is 1. The van der Waals surface area contributed by atoms with Crippen LogP contribution in [-0.2, 0) is 11.3 Å². The van der Waals surface area contributed by atoms with Crippen LogP contribution in [0.25, 0.3) is 11.0 Å². The van der Waals surface area contributed by atoms with Gasteiger partial charge >= 0.3 is 0 Å². The van der Waals surface area contributed by atoms with E-state index < -0.39 is 5.91 Å². The van der Waals surface area contributed by atoms with Crippen LogP contribution in [-0.4, -0.2) is 28.0 Å². The van der Waals surface area contributed by atoms with E-state index in [0.717, 1.165) is 5.52 Å². The van der Waals surface area contributed by atoms with Gasteiger partial charge in [-0.05, 0) is 43.3 Å². The van der Waals surface area contributed by atoms with E-state index in [0.29, 0.717) is 34.3 Å². The number of aryl methyl sites for hydroxylation is 1. The van der Waals surface area contributed by atoms with E-state index in [4.69, 9.17) is 22.1 Å². The maximum atomic E-state index is 12.2. The highest BCUT2D eigenvalue weighted by Gasteiger charge is 2.13. The van der Waals surface area contributed by atoms with Crippen molar-refractivity contribution >= 4 is 40.4 Å². The van der Waals surface area contributed by atoms with E-state index in [1.54, 1.807) is 30.3 Å². The number of anilines is 1. The second kappa shape index (κ2) is 7.45. The molecule has 0 spiro atoms. The molecular formula is C18H17ClN4O3. The summed E-state index contributed by atoms with van der Waals surface area (Å²) in [4.78, 5) is 27.8. The van der Waals surface area contributed by atoms with Gasteiger partial charge in [-0.15, -0.1) is 0 Å². The summed E-state index contributed by atoms with van der Waals surface area (Å²) in [6, 6.07) is 11.7. The minimum atomic E-state index is -0.560. The van der Waals surface area contributed by atoms with Crippen molar-refractivity contribution < 1.29 is 14.3 Å². The van der Waals surface area contributed by atoms with Crippen LogP contribution >= 0.6 is 11.6 Å². The molecule has 26 heavy (non-hydrogen) atoms. The summed E-state index contributed by atoms with van der Waals surface area (Å²) in [5.74, 6) is -0.128. The number of rotatable bonds is 6. The number of primary amides is 1. The van der Waals surface area contributed by atoms with E-state index in [9.17, 15) is 9.59 Å². The smallest absolute Gasteiger partial charge is 0.264 e. The van der Waals surface area contributed by atoms with Gasteiger partial charge in [-0.1, -0.05) is 17.7 Å². The monoisotopic (exact) mass is 372 g/mol. The normalized spacial score (nSPS) is 10.7. The van der Waals surface area contributed by atoms with Gasteiger partial charge < -0.3 is 15.0 Å². The molecule has 8 heteroatoms. The number of halogens is 1. The Bertz CT molecular complexity index is 984. The van der Waals surface area contributed by atoms with Crippen molar-refractivity contribution in [2.75, 3.05) is 11.9 Å². The van der Waals surface area contributed by atoms with Crippen molar-refractivity contribution in [2.45, 2.75) is 13.5 Å². The highest BCUT2D eigenvalue weighted by atomic mass is 35.5. The third-order valence-electron chi connectivity index (χ3n) is 3.77. The lowest BCUT2D eigenvalue weighted by atomic mass is 10.2. The van der Waals surface area contributed by atoms with Crippen molar-refractivity contribution in [1.82, 2.24) is 9.55 Å². The van der Waals surface area contributed by atoms with E-state index in [-0.39, 0.29) is 12.5 Å². The van der Waals surface area contributed by atoms with Gasteiger partial charge in [0.2, 0.25) is 11.9 Å². The molecule has 0 fully saturated rings. The molecule has 134 valence electrons. The maximum absolute atomic E-state index is 12.2. The van der Waals surface area contributed by atoms with Gasteiger partial charge in [0, 0.05) is 17.1 Å². The number of carbonyl (C=O) groups is 2. The van der Waals surface area contributed by atoms with Gasteiger partial charge in [-0.3, -0.25) is 14.9 Å². The Hall–Kier alpha value is -3.06. The summed E-state index contributed by atoms with van der Waals surface area (Å²) < 4.78 is 7.29. The summed E-state index contributed by atoms with van der Waals surface area (Å²) in [7, 11) is 0. The third-order valence-corrected chi connectivity index (χ3v) is 4.00. The zero-order chi connectivity index (χ0) is 18.7. The van der Waals surface area contributed by atoms with E-state index >= 15 is 0 Å². The lowest BCUT2D eigenvalue weighted by Gasteiger charge is -2.09. The highest BCUT2D eigenvalue weighted by molar-refractivity contribution is 6.31. The standard InChI is InChI=1S/C18H17ClN4O3/c1-2-23-15-7-6-12(19)9-14(15)21-18(23)22-16(24)10-26-13-5-3-4-11(8-13)17(20)25/h3-9H,2,10H2,1H3,(H2,20,25)(H,21,22,24). The number of aromatic nitrogens is 2. The van der Waals surface area contributed by atoms with Crippen LogP contribution in [0.15, 0.2) is 42.5 Å². The molecule has 0 aliphatic carbocycles. The number of nitrogens with two attached hydrogens (primary N) is 1. The number of imidazole rings is 1. The first-order valence-electron chi connectivity index (χ1n) is 7.96. The van der Waals surface area contributed by atoms with Gasteiger partial charge in [0.15, 0.2) is 6.61 Å². The summed E-state index contributed by atoms with van der Waals surface area (Å²) in [6.07, 6.45) is 0. The number of nitrogens with zero attached hydrogens (tertiary/aromatic N) is 2. The Labute approximate surface area is 154 Å². The van der Waals surface area contributed by atoms with Gasteiger partial charge in [0.05, 0.1) is 11.0 Å².